The number of morpholine rings is 1. The normalized spacial score (nSPS) is 19.0. The Kier molecular flexibility index (Phi) is 4.21. The van der Waals surface area contributed by atoms with Gasteiger partial charge in [0.15, 0.2) is 9.84 Å². The highest BCUT2D eigenvalue weighted by molar-refractivity contribution is 7.90. The van der Waals surface area contributed by atoms with Gasteiger partial charge in [0.25, 0.3) is 5.91 Å². The first-order chi connectivity index (χ1) is 10.9. The fourth-order valence-corrected chi connectivity index (χ4v) is 4.13. The number of carbonyl (C=O) groups excluding carboxylic acids is 1. The number of sulfone groups is 1. The monoisotopic (exact) mass is 356 g/mol. The van der Waals surface area contributed by atoms with Crippen LogP contribution in [0.5, 0.6) is 0 Å². The van der Waals surface area contributed by atoms with Crippen molar-refractivity contribution in [3.63, 3.8) is 0 Å². The van der Waals surface area contributed by atoms with Gasteiger partial charge in [-0.1, -0.05) is 0 Å². The molecule has 8 nitrogen and oxygen atoms in total. The Hall–Kier alpha value is -1.78. The second-order valence-electron chi connectivity index (χ2n) is 5.28. The maximum absolute atomic E-state index is 12.8. The van der Waals surface area contributed by atoms with Gasteiger partial charge in [0, 0.05) is 12.8 Å². The van der Waals surface area contributed by atoms with Crippen molar-refractivity contribution in [2.24, 2.45) is 0 Å². The lowest BCUT2D eigenvalue weighted by Crippen LogP contribution is -2.44. The summed E-state index contributed by atoms with van der Waals surface area (Å²) in [6.45, 7) is 2.77. The number of hydrogen-bond donors (Lipinski definition) is 1. The standard InChI is InChI=1S/C13H16N4O4S2/c1-8-12(22-7-14-8)13(18)17-3-4-21-6-9(17)11-10(5-15-16-11)23(2,19)20/h5,7,9H,3-4,6H2,1-2H3,(H,15,16)/t9-/m1/s1. The Morgan fingerprint density at radius 3 is 2.96 bits per heavy atom. The van der Waals surface area contributed by atoms with Gasteiger partial charge in [-0.05, 0) is 6.92 Å². The molecule has 2 aromatic heterocycles. The van der Waals surface area contributed by atoms with E-state index >= 15 is 0 Å². The molecule has 1 fully saturated rings. The van der Waals surface area contributed by atoms with E-state index in [0.29, 0.717) is 29.4 Å². The van der Waals surface area contributed by atoms with E-state index in [-0.39, 0.29) is 17.4 Å². The summed E-state index contributed by atoms with van der Waals surface area (Å²) in [6.07, 6.45) is 2.38. The predicted octanol–water partition coefficient (Wildman–Crippen LogP) is 0.792. The summed E-state index contributed by atoms with van der Waals surface area (Å²) in [5.41, 5.74) is 2.66. The second-order valence-corrected chi connectivity index (χ2v) is 8.12. The van der Waals surface area contributed by atoms with Gasteiger partial charge in [0.1, 0.15) is 9.77 Å². The molecule has 0 radical (unpaired) electrons. The molecule has 1 amide bonds. The number of nitrogens with one attached hydrogen (secondary N) is 1. The second kappa shape index (κ2) is 6.02. The molecule has 0 aromatic carbocycles. The van der Waals surface area contributed by atoms with Crippen LogP contribution in [0.25, 0.3) is 0 Å². The first-order valence-corrected chi connectivity index (χ1v) is 9.69. The minimum absolute atomic E-state index is 0.0897. The van der Waals surface area contributed by atoms with Gasteiger partial charge in [-0.2, -0.15) is 5.10 Å². The third-order valence-electron chi connectivity index (χ3n) is 3.69. The molecule has 1 saturated heterocycles. The van der Waals surface area contributed by atoms with E-state index in [1.54, 1.807) is 17.3 Å². The first kappa shape index (κ1) is 16.1. The highest BCUT2D eigenvalue weighted by atomic mass is 32.2. The van der Waals surface area contributed by atoms with Gasteiger partial charge in [0.2, 0.25) is 0 Å². The van der Waals surface area contributed by atoms with Crippen molar-refractivity contribution in [3.8, 4) is 0 Å². The van der Waals surface area contributed by atoms with Crippen LogP contribution in [0.4, 0.5) is 0 Å². The molecule has 1 N–H and O–H groups in total. The SMILES string of the molecule is Cc1ncsc1C(=O)N1CCOC[C@@H]1c1[nH]ncc1S(C)(=O)=O. The van der Waals surface area contributed by atoms with Crippen LogP contribution in [0.2, 0.25) is 0 Å². The van der Waals surface area contributed by atoms with Crippen molar-refractivity contribution in [1.82, 2.24) is 20.1 Å². The smallest absolute Gasteiger partial charge is 0.266 e. The Morgan fingerprint density at radius 2 is 2.30 bits per heavy atom. The lowest BCUT2D eigenvalue weighted by molar-refractivity contribution is -0.00447. The quantitative estimate of drug-likeness (QED) is 0.872. The van der Waals surface area contributed by atoms with E-state index in [2.05, 4.69) is 15.2 Å². The van der Waals surface area contributed by atoms with E-state index in [1.165, 1.54) is 17.5 Å². The summed E-state index contributed by atoms with van der Waals surface area (Å²) in [4.78, 5) is 19.2. The van der Waals surface area contributed by atoms with Crippen LogP contribution in [-0.4, -0.2) is 60.4 Å². The molecule has 23 heavy (non-hydrogen) atoms. The molecule has 2 aromatic rings. The third-order valence-corrected chi connectivity index (χ3v) is 5.73. The van der Waals surface area contributed by atoms with E-state index in [4.69, 9.17) is 4.74 Å². The van der Waals surface area contributed by atoms with Crippen molar-refractivity contribution in [2.45, 2.75) is 17.9 Å². The molecule has 1 aliphatic rings. The minimum Gasteiger partial charge on any atom is -0.377 e. The molecule has 1 aliphatic heterocycles. The summed E-state index contributed by atoms with van der Waals surface area (Å²) >= 11 is 1.27. The number of amides is 1. The van der Waals surface area contributed by atoms with Crippen molar-refractivity contribution in [1.29, 1.82) is 0 Å². The van der Waals surface area contributed by atoms with Crippen molar-refractivity contribution in [3.05, 3.63) is 28.0 Å². The highest BCUT2D eigenvalue weighted by Gasteiger charge is 2.34. The summed E-state index contributed by atoms with van der Waals surface area (Å²) in [5.74, 6) is -0.174. The predicted molar refractivity (Wildman–Crippen MR) is 83.1 cm³/mol. The van der Waals surface area contributed by atoms with Crippen LogP contribution in [0.3, 0.4) is 0 Å². The first-order valence-electron chi connectivity index (χ1n) is 6.91. The zero-order valence-corrected chi connectivity index (χ0v) is 14.3. The number of H-pyrrole nitrogens is 1. The van der Waals surface area contributed by atoms with Gasteiger partial charge in [0.05, 0.1) is 42.4 Å². The number of thiazole rings is 1. The molecule has 0 spiro atoms. The van der Waals surface area contributed by atoms with Crippen LogP contribution in [0.1, 0.15) is 27.1 Å². The Bertz CT molecular complexity index is 827. The Balaban J connectivity index is 1.99. The maximum atomic E-state index is 12.8. The molecule has 1 atom stereocenters. The largest absolute Gasteiger partial charge is 0.377 e. The van der Waals surface area contributed by atoms with Gasteiger partial charge in [-0.25, -0.2) is 13.4 Å². The van der Waals surface area contributed by atoms with Crippen LogP contribution in [0.15, 0.2) is 16.6 Å². The van der Waals surface area contributed by atoms with Crippen molar-refractivity contribution < 1.29 is 17.9 Å². The van der Waals surface area contributed by atoms with E-state index in [1.807, 2.05) is 0 Å². The number of aromatic amines is 1. The third kappa shape index (κ3) is 3.01. The fourth-order valence-electron chi connectivity index (χ4n) is 2.54. The van der Waals surface area contributed by atoms with Gasteiger partial charge >= 0.3 is 0 Å². The molecule has 3 rings (SSSR count). The van der Waals surface area contributed by atoms with Crippen LogP contribution in [-0.2, 0) is 14.6 Å². The molecule has 0 aliphatic carbocycles. The zero-order valence-electron chi connectivity index (χ0n) is 12.6. The molecule has 0 bridgehead atoms. The summed E-state index contributed by atoms with van der Waals surface area (Å²) in [6, 6.07) is -0.523. The number of aryl methyl sites for hydroxylation is 1. The molecule has 0 unspecified atom stereocenters. The lowest BCUT2D eigenvalue weighted by Gasteiger charge is -2.35. The fraction of sp³-hybridized carbons (Fsp3) is 0.462. The molecular formula is C13H16N4O4S2. The number of rotatable bonds is 3. The van der Waals surface area contributed by atoms with Gasteiger partial charge in [-0.15, -0.1) is 11.3 Å². The van der Waals surface area contributed by atoms with E-state index in [9.17, 15) is 13.2 Å². The highest BCUT2D eigenvalue weighted by Crippen LogP contribution is 2.30. The van der Waals surface area contributed by atoms with Crippen molar-refractivity contribution in [2.75, 3.05) is 26.0 Å². The zero-order chi connectivity index (χ0) is 16.6. The lowest BCUT2D eigenvalue weighted by atomic mass is 10.1. The van der Waals surface area contributed by atoms with Crippen LogP contribution >= 0.6 is 11.3 Å². The maximum Gasteiger partial charge on any atom is 0.266 e. The van der Waals surface area contributed by atoms with Gasteiger partial charge in [-0.3, -0.25) is 9.89 Å². The number of ether oxygens (including phenoxy) is 1. The van der Waals surface area contributed by atoms with Crippen molar-refractivity contribution >= 4 is 27.1 Å². The van der Waals surface area contributed by atoms with E-state index < -0.39 is 15.9 Å². The Labute approximate surface area is 137 Å². The van der Waals surface area contributed by atoms with Crippen LogP contribution in [0, 0.1) is 6.92 Å². The summed E-state index contributed by atoms with van der Waals surface area (Å²) in [7, 11) is -3.45. The molecule has 0 saturated carbocycles. The number of aromatic nitrogens is 3. The Morgan fingerprint density at radius 1 is 1.52 bits per heavy atom. The topological polar surface area (TPSA) is 105 Å². The molecular weight excluding hydrogens is 340 g/mol. The molecule has 124 valence electrons. The number of carbonyl (C=O) groups is 1. The summed E-state index contributed by atoms with van der Waals surface area (Å²) < 4.78 is 29.3. The average molecular weight is 356 g/mol. The van der Waals surface area contributed by atoms with E-state index in [0.717, 1.165) is 6.26 Å². The van der Waals surface area contributed by atoms with Gasteiger partial charge < -0.3 is 9.64 Å². The average Bonchev–Trinajstić information content (AvgIpc) is 3.14. The number of hydrogen-bond acceptors (Lipinski definition) is 7. The minimum atomic E-state index is -3.45. The molecule has 10 heteroatoms. The molecule has 3 heterocycles. The van der Waals surface area contributed by atoms with Crippen LogP contribution < -0.4 is 0 Å². The number of nitrogens with zero attached hydrogens (tertiary/aromatic N) is 3. The summed E-state index contributed by atoms with van der Waals surface area (Å²) in [5, 5.41) is 6.54.